The summed E-state index contributed by atoms with van der Waals surface area (Å²) in [6, 6.07) is 10.8. The number of anilines is 1. The lowest BCUT2D eigenvalue weighted by atomic mass is 9.86. The van der Waals surface area contributed by atoms with E-state index in [1.807, 2.05) is 6.07 Å². The van der Waals surface area contributed by atoms with Crippen LogP contribution in [0.1, 0.15) is 49.7 Å². The molecule has 1 aliphatic heterocycles. The van der Waals surface area contributed by atoms with Gasteiger partial charge in [0.2, 0.25) is 0 Å². The second-order valence-electron chi connectivity index (χ2n) is 8.36. The van der Waals surface area contributed by atoms with Crippen LogP contribution in [0.3, 0.4) is 0 Å². The maximum atomic E-state index is 13.0. The quantitative estimate of drug-likeness (QED) is 0.724. The summed E-state index contributed by atoms with van der Waals surface area (Å²) in [5.74, 6) is 0.491. The largest absolute Gasteiger partial charge is 0.299 e. The fourth-order valence-electron chi connectivity index (χ4n) is 4.52. The number of hydrogen-bond acceptors (Lipinski definition) is 3. The van der Waals surface area contributed by atoms with Crippen molar-refractivity contribution in [3.8, 4) is 0 Å². The Morgan fingerprint density at radius 2 is 1.76 bits per heavy atom. The van der Waals surface area contributed by atoms with E-state index >= 15 is 0 Å². The predicted octanol–water partition coefficient (Wildman–Crippen LogP) is 4.96. The lowest BCUT2D eigenvalue weighted by molar-refractivity contribution is 0.217. The third-order valence-corrected chi connectivity index (χ3v) is 7.63. The van der Waals surface area contributed by atoms with Gasteiger partial charge in [0.1, 0.15) is 5.82 Å². The minimum absolute atomic E-state index is 0.260. The van der Waals surface area contributed by atoms with Crippen LogP contribution in [-0.4, -0.2) is 26.4 Å². The van der Waals surface area contributed by atoms with Crippen LogP contribution in [0.2, 0.25) is 0 Å². The van der Waals surface area contributed by atoms with E-state index in [-0.39, 0.29) is 4.90 Å². The number of nitrogens with one attached hydrogen (secondary N) is 1. The van der Waals surface area contributed by atoms with E-state index < -0.39 is 15.8 Å². The van der Waals surface area contributed by atoms with E-state index in [1.54, 1.807) is 12.1 Å². The summed E-state index contributed by atoms with van der Waals surface area (Å²) in [6.45, 7) is 3.01. The zero-order valence-corrected chi connectivity index (χ0v) is 17.6. The van der Waals surface area contributed by atoms with Gasteiger partial charge in [0.15, 0.2) is 0 Å². The molecule has 4 rings (SSSR count). The zero-order valence-electron chi connectivity index (χ0n) is 16.7. The molecule has 6 heteroatoms. The van der Waals surface area contributed by atoms with Crippen molar-refractivity contribution in [3.05, 3.63) is 59.4 Å². The molecule has 1 N–H and O–H groups in total. The summed E-state index contributed by atoms with van der Waals surface area (Å²) < 4.78 is 41.0. The summed E-state index contributed by atoms with van der Waals surface area (Å²) in [7, 11) is -3.68. The van der Waals surface area contributed by atoms with Gasteiger partial charge in [-0.1, -0.05) is 38.2 Å². The van der Waals surface area contributed by atoms with E-state index in [9.17, 15) is 12.8 Å². The minimum atomic E-state index is -3.68. The highest BCUT2D eigenvalue weighted by molar-refractivity contribution is 7.92. The molecule has 1 heterocycles. The van der Waals surface area contributed by atoms with Crippen LogP contribution in [0.15, 0.2) is 47.4 Å². The Balaban J connectivity index is 1.39. The Hall–Kier alpha value is -1.92. The van der Waals surface area contributed by atoms with E-state index in [0.717, 1.165) is 37.5 Å². The minimum Gasteiger partial charge on any atom is -0.299 e. The van der Waals surface area contributed by atoms with Gasteiger partial charge in [0, 0.05) is 18.8 Å². The summed E-state index contributed by atoms with van der Waals surface area (Å²) in [6.07, 6.45) is 9.09. The van der Waals surface area contributed by atoms with Crippen molar-refractivity contribution in [2.45, 2.75) is 56.4 Å². The molecule has 4 nitrogen and oxygen atoms in total. The van der Waals surface area contributed by atoms with Crippen molar-refractivity contribution in [1.29, 1.82) is 0 Å². The van der Waals surface area contributed by atoms with Gasteiger partial charge < -0.3 is 0 Å². The Morgan fingerprint density at radius 1 is 1.00 bits per heavy atom. The monoisotopic (exact) mass is 416 g/mol. The second kappa shape index (κ2) is 8.84. The smallest absolute Gasteiger partial charge is 0.261 e. The standard InChI is InChI=1S/C23H29FN2O2S/c24-21-7-9-22(10-8-21)25-29(27,28)23-11-6-20-17-26(15-13-19(20)16-23)14-12-18-4-2-1-3-5-18/h6-11,16,18,25H,1-5,12-15,17H2. The first-order valence-corrected chi connectivity index (χ1v) is 12.1. The van der Waals surface area contributed by atoms with E-state index in [0.29, 0.717) is 5.69 Å². The second-order valence-corrected chi connectivity index (χ2v) is 10.0. The number of benzene rings is 2. The van der Waals surface area contributed by atoms with Crippen LogP contribution in [0, 0.1) is 11.7 Å². The van der Waals surface area contributed by atoms with E-state index in [1.165, 1.54) is 68.4 Å². The third kappa shape index (κ3) is 5.17. The van der Waals surface area contributed by atoms with Crippen LogP contribution < -0.4 is 4.72 Å². The topological polar surface area (TPSA) is 49.4 Å². The molecule has 1 fully saturated rings. The lowest BCUT2D eigenvalue weighted by Gasteiger charge is -2.31. The molecular formula is C23H29FN2O2S. The van der Waals surface area contributed by atoms with Crippen LogP contribution >= 0.6 is 0 Å². The zero-order chi connectivity index (χ0) is 20.3. The van der Waals surface area contributed by atoms with Gasteiger partial charge in [0.25, 0.3) is 10.0 Å². The fraction of sp³-hybridized carbons (Fsp3) is 0.478. The molecule has 0 radical (unpaired) electrons. The fourth-order valence-corrected chi connectivity index (χ4v) is 5.63. The number of sulfonamides is 1. The molecule has 0 saturated heterocycles. The molecule has 29 heavy (non-hydrogen) atoms. The van der Waals surface area contributed by atoms with E-state index in [2.05, 4.69) is 9.62 Å². The van der Waals surface area contributed by atoms with Crippen molar-refractivity contribution < 1.29 is 12.8 Å². The molecule has 0 spiro atoms. The molecule has 2 aliphatic rings. The maximum absolute atomic E-state index is 13.0. The highest BCUT2D eigenvalue weighted by Crippen LogP contribution is 2.28. The van der Waals surface area contributed by atoms with Gasteiger partial charge in [0.05, 0.1) is 4.90 Å². The number of halogens is 1. The van der Waals surface area contributed by atoms with Crippen LogP contribution in [0.5, 0.6) is 0 Å². The first-order valence-electron chi connectivity index (χ1n) is 10.6. The van der Waals surface area contributed by atoms with Crippen molar-refractivity contribution in [2.75, 3.05) is 17.8 Å². The van der Waals surface area contributed by atoms with Crippen LogP contribution in [0.4, 0.5) is 10.1 Å². The van der Waals surface area contributed by atoms with Gasteiger partial charge in [-0.2, -0.15) is 0 Å². The van der Waals surface area contributed by atoms with Crippen molar-refractivity contribution in [2.24, 2.45) is 5.92 Å². The Labute approximate surface area is 173 Å². The third-order valence-electron chi connectivity index (χ3n) is 6.25. The van der Waals surface area contributed by atoms with Crippen molar-refractivity contribution >= 4 is 15.7 Å². The molecule has 0 unspecified atom stereocenters. The van der Waals surface area contributed by atoms with Crippen LogP contribution in [-0.2, 0) is 23.0 Å². The number of fused-ring (bicyclic) bond motifs is 1. The lowest BCUT2D eigenvalue weighted by Crippen LogP contribution is -2.32. The molecule has 1 aliphatic carbocycles. The Bertz CT molecular complexity index is 938. The molecule has 2 aromatic carbocycles. The highest BCUT2D eigenvalue weighted by Gasteiger charge is 2.22. The molecule has 1 saturated carbocycles. The van der Waals surface area contributed by atoms with Gasteiger partial charge in [-0.3, -0.25) is 9.62 Å². The molecule has 0 atom stereocenters. The summed E-state index contributed by atoms with van der Waals surface area (Å²) in [4.78, 5) is 2.76. The average molecular weight is 417 g/mol. The Kier molecular flexibility index (Phi) is 6.20. The first kappa shape index (κ1) is 20.4. The summed E-state index contributed by atoms with van der Waals surface area (Å²) in [5.41, 5.74) is 2.69. The molecule has 2 aromatic rings. The molecular weight excluding hydrogens is 387 g/mol. The summed E-state index contributed by atoms with van der Waals surface area (Å²) >= 11 is 0. The number of nitrogens with zero attached hydrogens (tertiary/aromatic N) is 1. The van der Waals surface area contributed by atoms with Gasteiger partial charge >= 0.3 is 0 Å². The van der Waals surface area contributed by atoms with E-state index in [4.69, 9.17) is 0 Å². The summed E-state index contributed by atoms with van der Waals surface area (Å²) in [5, 5.41) is 0. The van der Waals surface area contributed by atoms with Crippen molar-refractivity contribution in [1.82, 2.24) is 4.90 Å². The first-order chi connectivity index (χ1) is 14.0. The van der Waals surface area contributed by atoms with Gasteiger partial charge in [-0.15, -0.1) is 0 Å². The molecule has 156 valence electrons. The predicted molar refractivity (Wildman–Crippen MR) is 114 cm³/mol. The normalized spacial score (nSPS) is 18.4. The van der Waals surface area contributed by atoms with Crippen LogP contribution in [0.25, 0.3) is 0 Å². The highest BCUT2D eigenvalue weighted by atomic mass is 32.2. The molecule has 0 bridgehead atoms. The van der Waals surface area contributed by atoms with Crippen molar-refractivity contribution in [3.63, 3.8) is 0 Å². The average Bonchev–Trinajstić information content (AvgIpc) is 2.74. The number of rotatable bonds is 6. The van der Waals surface area contributed by atoms with Gasteiger partial charge in [-0.05, 0) is 72.8 Å². The number of hydrogen-bond donors (Lipinski definition) is 1. The molecule has 0 aromatic heterocycles. The maximum Gasteiger partial charge on any atom is 0.261 e. The van der Waals surface area contributed by atoms with Gasteiger partial charge in [-0.25, -0.2) is 12.8 Å². The Morgan fingerprint density at radius 3 is 2.52 bits per heavy atom. The molecule has 0 amide bonds. The SMILES string of the molecule is O=S(=O)(Nc1ccc(F)cc1)c1ccc2c(c1)CCN(CCC1CCCCC1)C2.